The van der Waals surface area contributed by atoms with Gasteiger partial charge in [0.1, 0.15) is 0 Å². The molecule has 2 aromatic rings. The molecule has 0 aliphatic carbocycles. The highest BCUT2D eigenvalue weighted by atomic mass is 16.6. The summed E-state index contributed by atoms with van der Waals surface area (Å²) in [5, 5.41) is 11.0. The number of nitro groups is 1. The van der Waals surface area contributed by atoms with Crippen LogP contribution in [0.1, 0.15) is 24.1 Å². The molecule has 0 aliphatic heterocycles. The maximum Gasteiger partial charge on any atom is 0.311 e. The summed E-state index contributed by atoms with van der Waals surface area (Å²) in [7, 11) is 0. The largest absolute Gasteiger partial charge is 0.432 e. The normalized spacial score (nSPS) is 11.9. The Kier molecular flexibility index (Phi) is 3.95. The zero-order chi connectivity index (χ0) is 14.7. The van der Waals surface area contributed by atoms with Gasteiger partial charge in [0.05, 0.1) is 4.92 Å². The number of hydrogen-bond donors (Lipinski definition) is 1. The Balaban J connectivity index is 2.29. The Bertz CT molecular complexity index is 624. The van der Waals surface area contributed by atoms with Crippen LogP contribution in [0.15, 0.2) is 36.5 Å². The van der Waals surface area contributed by atoms with Crippen molar-refractivity contribution >= 4 is 5.69 Å². The van der Waals surface area contributed by atoms with E-state index in [1.807, 2.05) is 13.8 Å². The number of aryl methyl sites for hydroxylation is 1. The molecule has 104 valence electrons. The van der Waals surface area contributed by atoms with Crippen molar-refractivity contribution in [2.45, 2.75) is 19.9 Å². The molecule has 0 aliphatic rings. The van der Waals surface area contributed by atoms with Gasteiger partial charge in [-0.25, -0.2) is 4.98 Å². The first-order valence-corrected chi connectivity index (χ1v) is 6.12. The molecule has 0 radical (unpaired) electrons. The van der Waals surface area contributed by atoms with E-state index in [1.165, 1.54) is 6.07 Å². The van der Waals surface area contributed by atoms with Crippen LogP contribution in [0.3, 0.4) is 0 Å². The lowest BCUT2D eigenvalue weighted by Crippen LogP contribution is -2.05. The van der Waals surface area contributed by atoms with Crippen molar-refractivity contribution in [3.8, 4) is 11.6 Å². The third-order valence-electron chi connectivity index (χ3n) is 2.81. The Morgan fingerprint density at radius 1 is 1.35 bits per heavy atom. The van der Waals surface area contributed by atoms with Gasteiger partial charge < -0.3 is 10.5 Å². The maximum absolute atomic E-state index is 11.0. The second-order valence-electron chi connectivity index (χ2n) is 4.55. The summed E-state index contributed by atoms with van der Waals surface area (Å²) in [6.07, 6.45) is 1.60. The van der Waals surface area contributed by atoms with E-state index in [9.17, 15) is 10.1 Å². The number of pyridine rings is 1. The lowest BCUT2D eigenvalue weighted by Gasteiger charge is -2.08. The number of nitrogens with two attached hydrogens (primary N) is 1. The monoisotopic (exact) mass is 273 g/mol. The predicted molar refractivity (Wildman–Crippen MR) is 74.7 cm³/mol. The lowest BCUT2D eigenvalue weighted by atomic mass is 10.2. The second-order valence-corrected chi connectivity index (χ2v) is 4.55. The minimum atomic E-state index is -0.481. The van der Waals surface area contributed by atoms with Gasteiger partial charge in [-0.1, -0.05) is 12.1 Å². The number of nitro benzene ring substituents is 1. The summed E-state index contributed by atoms with van der Waals surface area (Å²) in [6, 6.07) is 8.00. The third kappa shape index (κ3) is 3.10. The van der Waals surface area contributed by atoms with E-state index in [1.54, 1.807) is 30.5 Å². The van der Waals surface area contributed by atoms with E-state index in [-0.39, 0.29) is 17.5 Å². The Morgan fingerprint density at radius 2 is 2.10 bits per heavy atom. The van der Waals surface area contributed by atoms with Gasteiger partial charge in [-0.05, 0) is 31.0 Å². The van der Waals surface area contributed by atoms with E-state index >= 15 is 0 Å². The fourth-order valence-electron chi connectivity index (χ4n) is 1.69. The maximum atomic E-state index is 11.0. The van der Waals surface area contributed by atoms with Crippen LogP contribution in [0.25, 0.3) is 0 Å². The summed E-state index contributed by atoms with van der Waals surface area (Å²) < 4.78 is 5.49. The highest BCUT2D eigenvalue weighted by Gasteiger charge is 2.16. The van der Waals surface area contributed by atoms with E-state index in [2.05, 4.69) is 4.98 Å². The Hall–Kier alpha value is -2.47. The number of hydrogen-bond acceptors (Lipinski definition) is 5. The highest BCUT2D eigenvalue weighted by Crippen LogP contribution is 2.31. The molecule has 2 rings (SSSR count). The van der Waals surface area contributed by atoms with Crippen LogP contribution in [-0.2, 0) is 0 Å². The molecule has 6 heteroatoms. The first kappa shape index (κ1) is 14.0. The first-order chi connectivity index (χ1) is 9.47. The zero-order valence-corrected chi connectivity index (χ0v) is 11.2. The highest BCUT2D eigenvalue weighted by molar-refractivity contribution is 5.49. The number of ether oxygens (including phenoxy) is 1. The molecule has 0 spiro atoms. The third-order valence-corrected chi connectivity index (χ3v) is 2.81. The van der Waals surface area contributed by atoms with Gasteiger partial charge in [0, 0.05) is 24.4 Å². The standard InChI is InChI=1S/C14H15N3O3/c1-9-3-5-12(17(18)19)13(7-9)20-14-6-4-11(8-16-14)10(2)15/h3-8,10H,15H2,1-2H3. The predicted octanol–water partition coefficient (Wildman–Crippen LogP) is 3.11. The van der Waals surface area contributed by atoms with Crippen molar-refractivity contribution in [1.29, 1.82) is 0 Å². The molecule has 1 heterocycles. The average Bonchev–Trinajstić information content (AvgIpc) is 2.39. The van der Waals surface area contributed by atoms with Crippen LogP contribution in [0, 0.1) is 17.0 Å². The van der Waals surface area contributed by atoms with Crippen molar-refractivity contribution in [2.24, 2.45) is 5.73 Å². The van der Waals surface area contributed by atoms with Crippen LogP contribution in [0.5, 0.6) is 11.6 Å². The van der Waals surface area contributed by atoms with Crippen LogP contribution in [0.4, 0.5) is 5.69 Å². The van der Waals surface area contributed by atoms with Crippen LogP contribution < -0.4 is 10.5 Å². The van der Waals surface area contributed by atoms with Crippen molar-refractivity contribution < 1.29 is 9.66 Å². The summed E-state index contributed by atoms with van der Waals surface area (Å²) in [5.74, 6) is 0.471. The number of nitrogens with zero attached hydrogens (tertiary/aromatic N) is 2. The molecule has 0 amide bonds. The topological polar surface area (TPSA) is 91.3 Å². The van der Waals surface area contributed by atoms with Gasteiger partial charge in [0.2, 0.25) is 11.6 Å². The molecule has 0 fully saturated rings. The van der Waals surface area contributed by atoms with Gasteiger partial charge in [-0.2, -0.15) is 0 Å². The quantitative estimate of drug-likeness (QED) is 0.682. The molecule has 0 bridgehead atoms. The summed E-state index contributed by atoms with van der Waals surface area (Å²) in [4.78, 5) is 14.6. The molecular weight excluding hydrogens is 258 g/mol. The van der Waals surface area contributed by atoms with Gasteiger partial charge in [-0.15, -0.1) is 0 Å². The lowest BCUT2D eigenvalue weighted by molar-refractivity contribution is -0.385. The van der Waals surface area contributed by atoms with Crippen molar-refractivity contribution in [1.82, 2.24) is 4.98 Å². The number of aromatic nitrogens is 1. The zero-order valence-electron chi connectivity index (χ0n) is 11.2. The second kappa shape index (κ2) is 5.66. The van der Waals surface area contributed by atoms with E-state index < -0.39 is 4.92 Å². The van der Waals surface area contributed by atoms with Gasteiger partial charge in [0.25, 0.3) is 0 Å². The van der Waals surface area contributed by atoms with Crippen LogP contribution in [-0.4, -0.2) is 9.91 Å². The summed E-state index contributed by atoms with van der Waals surface area (Å²) in [5.41, 5.74) is 7.39. The van der Waals surface area contributed by atoms with Gasteiger partial charge in [-0.3, -0.25) is 10.1 Å². The van der Waals surface area contributed by atoms with Gasteiger partial charge in [0.15, 0.2) is 0 Å². The fourth-order valence-corrected chi connectivity index (χ4v) is 1.69. The molecule has 1 aromatic carbocycles. The van der Waals surface area contributed by atoms with E-state index in [0.29, 0.717) is 5.88 Å². The van der Waals surface area contributed by atoms with Crippen LogP contribution in [0.2, 0.25) is 0 Å². The molecular formula is C14H15N3O3. The number of benzene rings is 1. The minimum absolute atomic E-state index is 0.0892. The number of rotatable bonds is 4. The smallest absolute Gasteiger partial charge is 0.311 e. The molecule has 0 saturated carbocycles. The first-order valence-electron chi connectivity index (χ1n) is 6.12. The molecule has 6 nitrogen and oxygen atoms in total. The molecule has 1 aromatic heterocycles. The summed E-state index contributed by atoms with van der Waals surface area (Å²) >= 11 is 0. The molecule has 0 saturated heterocycles. The molecule has 20 heavy (non-hydrogen) atoms. The molecule has 2 N–H and O–H groups in total. The minimum Gasteiger partial charge on any atom is -0.432 e. The molecule has 1 atom stereocenters. The van der Waals surface area contributed by atoms with Crippen molar-refractivity contribution in [3.05, 3.63) is 57.8 Å². The average molecular weight is 273 g/mol. The Morgan fingerprint density at radius 3 is 2.65 bits per heavy atom. The van der Waals surface area contributed by atoms with E-state index in [4.69, 9.17) is 10.5 Å². The van der Waals surface area contributed by atoms with Crippen LogP contribution >= 0.6 is 0 Å². The fraction of sp³-hybridized carbons (Fsp3) is 0.214. The Labute approximate surface area is 116 Å². The van der Waals surface area contributed by atoms with Crippen molar-refractivity contribution in [3.63, 3.8) is 0 Å². The van der Waals surface area contributed by atoms with Crippen molar-refractivity contribution in [2.75, 3.05) is 0 Å². The summed E-state index contributed by atoms with van der Waals surface area (Å²) in [6.45, 7) is 3.69. The van der Waals surface area contributed by atoms with Gasteiger partial charge >= 0.3 is 5.69 Å². The van der Waals surface area contributed by atoms with E-state index in [0.717, 1.165) is 11.1 Å². The molecule has 1 unspecified atom stereocenters. The SMILES string of the molecule is Cc1ccc([N+](=O)[O-])c(Oc2ccc(C(C)N)cn2)c1.